The summed E-state index contributed by atoms with van der Waals surface area (Å²) in [5, 5.41) is 3.95. The summed E-state index contributed by atoms with van der Waals surface area (Å²) in [5.41, 5.74) is 1.35. The third-order valence-electron chi connectivity index (χ3n) is 2.76. The fraction of sp³-hybridized carbons (Fsp3) is 0.286. The monoisotopic (exact) mass is 337 g/mol. The minimum atomic E-state index is 0.556. The van der Waals surface area contributed by atoms with E-state index in [2.05, 4.69) is 69.3 Å². The Labute approximate surface area is 126 Å². The molecule has 2 rings (SSSR count). The molecular formula is C14H16BrN3S. The summed E-state index contributed by atoms with van der Waals surface area (Å²) in [6.45, 7) is 4.39. The second kappa shape index (κ2) is 6.39. The molecule has 0 saturated carbocycles. The molecule has 1 aromatic heterocycles. The van der Waals surface area contributed by atoms with Gasteiger partial charge in [0.2, 0.25) is 0 Å². The van der Waals surface area contributed by atoms with Crippen molar-refractivity contribution < 1.29 is 0 Å². The molecule has 0 bridgehead atoms. The first-order valence-corrected chi connectivity index (χ1v) is 7.69. The second-order valence-corrected chi connectivity index (χ2v) is 6.27. The fourth-order valence-corrected chi connectivity index (χ4v) is 3.06. The van der Waals surface area contributed by atoms with Crippen LogP contribution in [0.15, 0.2) is 45.0 Å². The van der Waals surface area contributed by atoms with Crippen molar-refractivity contribution in [1.82, 2.24) is 9.97 Å². The van der Waals surface area contributed by atoms with Crippen LogP contribution in [-0.2, 0) is 0 Å². The van der Waals surface area contributed by atoms with E-state index < -0.39 is 0 Å². The average Bonchev–Trinajstić information content (AvgIpc) is 2.42. The van der Waals surface area contributed by atoms with Crippen LogP contribution in [0.3, 0.4) is 0 Å². The Morgan fingerprint density at radius 1 is 1.16 bits per heavy atom. The quantitative estimate of drug-likeness (QED) is 0.830. The Hall–Kier alpha value is -1.07. The average molecular weight is 338 g/mol. The highest BCUT2D eigenvalue weighted by Gasteiger charge is 2.09. The zero-order chi connectivity index (χ0) is 13.8. The van der Waals surface area contributed by atoms with Crippen LogP contribution >= 0.6 is 27.7 Å². The molecule has 0 saturated heterocycles. The smallest absolute Gasteiger partial charge is 0.144 e. The summed E-state index contributed by atoms with van der Waals surface area (Å²) < 4.78 is 0.899. The number of aromatic nitrogens is 2. The largest absolute Gasteiger partial charge is 0.372 e. The van der Waals surface area contributed by atoms with Crippen LogP contribution in [0, 0.1) is 0 Å². The highest BCUT2D eigenvalue weighted by atomic mass is 79.9. The highest BCUT2D eigenvalue weighted by Crippen LogP contribution is 2.34. The van der Waals surface area contributed by atoms with E-state index in [1.807, 2.05) is 7.05 Å². The molecule has 1 aromatic carbocycles. The fourth-order valence-electron chi connectivity index (χ4n) is 1.63. The van der Waals surface area contributed by atoms with Crippen molar-refractivity contribution in [3.05, 3.63) is 40.6 Å². The maximum atomic E-state index is 4.30. The number of hydrogen-bond donors (Lipinski definition) is 1. The molecule has 0 amide bonds. The van der Waals surface area contributed by atoms with Gasteiger partial charge < -0.3 is 5.32 Å². The van der Waals surface area contributed by atoms with Gasteiger partial charge in [0, 0.05) is 11.9 Å². The van der Waals surface area contributed by atoms with Gasteiger partial charge in [0.05, 0.1) is 4.47 Å². The Bertz CT molecular complexity index is 555. The van der Waals surface area contributed by atoms with Crippen molar-refractivity contribution in [3.8, 4) is 0 Å². The highest BCUT2D eigenvalue weighted by molar-refractivity contribution is 9.10. The standard InChI is InChI=1S/C14H16BrN3S/c1-9(2)10-4-6-11(7-5-10)19-14-12(15)13(16-3)17-8-18-14/h4-9H,1-3H3,(H,16,17,18). The van der Waals surface area contributed by atoms with Crippen molar-refractivity contribution >= 4 is 33.5 Å². The van der Waals surface area contributed by atoms with Gasteiger partial charge in [0.25, 0.3) is 0 Å². The van der Waals surface area contributed by atoms with Crippen LogP contribution < -0.4 is 5.32 Å². The lowest BCUT2D eigenvalue weighted by Crippen LogP contribution is -1.96. The first-order valence-electron chi connectivity index (χ1n) is 6.08. The Morgan fingerprint density at radius 2 is 1.84 bits per heavy atom. The first kappa shape index (κ1) is 14.3. The molecular weight excluding hydrogens is 322 g/mol. The van der Waals surface area contributed by atoms with Crippen molar-refractivity contribution in [3.63, 3.8) is 0 Å². The topological polar surface area (TPSA) is 37.8 Å². The third-order valence-corrected chi connectivity index (χ3v) is 4.78. The zero-order valence-electron chi connectivity index (χ0n) is 11.1. The summed E-state index contributed by atoms with van der Waals surface area (Å²) in [6.07, 6.45) is 1.57. The van der Waals surface area contributed by atoms with E-state index in [4.69, 9.17) is 0 Å². The summed E-state index contributed by atoms with van der Waals surface area (Å²) >= 11 is 5.15. The zero-order valence-corrected chi connectivity index (χ0v) is 13.5. The van der Waals surface area contributed by atoms with E-state index in [0.717, 1.165) is 15.3 Å². The van der Waals surface area contributed by atoms with E-state index in [1.54, 1.807) is 18.1 Å². The molecule has 0 fully saturated rings. The van der Waals surface area contributed by atoms with Crippen LogP contribution in [0.1, 0.15) is 25.3 Å². The maximum Gasteiger partial charge on any atom is 0.144 e. The summed E-state index contributed by atoms with van der Waals surface area (Å²) in [6, 6.07) is 8.60. The molecule has 3 nitrogen and oxygen atoms in total. The molecule has 5 heteroatoms. The number of nitrogens with zero attached hydrogens (tertiary/aromatic N) is 2. The number of hydrogen-bond acceptors (Lipinski definition) is 4. The van der Waals surface area contributed by atoms with E-state index in [0.29, 0.717) is 5.92 Å². The lowest BCUT2D eigenvalue weighted by molar-refractivity contribution is 0.865. The van der Waals surface area contributed by atoms with E-state index >= 15 is 0 Å². The molecule has 19 heavy (non-hydrogen) atoms. The molecule has 0 aliphatic rings. The van der Waals surface area contributed by atoms with Crippen LogP contribution in [0.2, 0.25) is 0 Å². The van der Waals surface area contributed by atoms with Gasteiger partial charge >= 0.3 is 0 Å². The van der Waals surface area contributed by atoms with E-state index in [1.165, 1.54) is 10.5 Å². The van der Waals surface area contributed by atoms with Crippen LogP contribution in [0.25, 0.3) is 0 Å². The molecule has 0 aliphatic heterocycles. The van der Waals surface area contributed by atoms with Crippen molar-refractivity contribution in [2.24, 2.45) is 0 Å². The molecule has 1 heterocycles. The summed E-state index contributed by atoms with van der Waals surface area (Å²) in [4.78, 5) is 9.63. The number of halogens is 1. The van der Waals surface area contributed by atoms with Gasteiger partial charge in [-0.15, -0.1) is 0 Å². The SMILES string of the molecule is CNc1ncnc(Sc2ccc(C(C)C)cc2)c1Br. The van der Waals surface area contributed by atoms with Gasteiger partial charge in [-0.1, -0.05) is 37.7 Å². The lowest BCUT2D eigenvalue weighted by Gasteiger charge is -2.08. The lowest BCUT2D eigenvalue weighted by atomic mass is 10.0. The molecule has 0 atom stereocenters. The predicted molar refractivity (Wildman–Crippen MR) is 83.9 cm³/mol. The molecule has 0 radical (unpaired) electrons. The van der Waals surface area contributed by atoms with Crippen LogP contribution in [0.4, 0.5) is 5.82 Å². The molecule has 1 N–H and O–H groups in total. The molecule has 0 aliphatic carbocycles. The maximum absolute atomic E-state index is 4.30. The molecule has 2 aromatic rings. The van der Waals surface area contributed by atoms with E-state index in [9.17, 15) is 0 Å². The predicted octanol–water partition coefficient (Wildman–Crippen LogP) is 4.56. The van der Waals surface area contributed by atoms with Gasteiger partial charge in [-0.2, -0.15) is 0 Å². The second-order valence-electron chi connectivity index (χ2n) is 4.42. The molecule has 0 unspecified atom stereocenters. The molecule has 0 spiro atoms. The summed E-state index contributed by atoms with van der Waals surface area (Å²) in [5.74, 6) is 1.36. The number of anilines is 1. The Morgan fingerprint density at radius 3 is 2.42 bits per heavy atom. The minimum absolute atomic E-state index is 0.556. The van der Waals surface area contributed by atoms with Crippen LogP contribution in [-0.4, -0.2) is 17.0 Å². The number of rotatable bonds is 4. The van der Waals surface area contributed by atoms with Gasteiger partial charge in [0.1, 0.15) is 17.2 Å². The number of benzene rings is 1. The Kier molecular flexibility index (Phi) is 4.82. The summed E-state index contributed by atoms with van der Waals surface area (Å²) in [7, 11) is 1.85. The van der Waals surface area contributed by atoms with Gasteiger partial charge in [-0.3, -0.25) is 0 Å². The minimum Gasteiger partial charge on any atom is -0.372 e. The van der Waals surface area contributed by atoms with Gasteiger partial charge in [-0.05, 0) is 39.5 Å². The number of nitrogens with one attached hydrogen (secondary N) is 1. The molecule has 100 valence electrons. The van der Waals surface area contributed by atoms with Crippen molar-refractivity contribution in [2.45, 2.75) is 29.7 Å². The van der Waals surface area contributed by atoms with Gasteiger partial charge in [-0.25, -0.2) is 9.97 Å². The van der Waals surface area contributed by atoms with Gasteiger partial charge in [0.15, 0.2) is 0 Å². The van der Waals surface area contributed by atoms with Crippen LogP contribution in [0.5, 0.6) is 0 Å². The third kappa shape index (κ3) is 3.48. The Balaban J connectivity index is 2.21. The first-order chi connectivity index (χ1) is 9.11. The normalized spacial score (nSPS) is 10.8. The van der Waals surface area contributed by atoms with Crippen molar-refractivity contribution in [2.75, 3.05) is 12.4 Å². The van der Waals surface area contributed by atoms with Crippen molar-refractivity contribution in [1.29, 1.82) is 0 Å². The van der Waals surface area contributed by atoms with E-state index in [-0.39, 0.29) is 0 Å².